The van der Waals surface area contributed by atoms with Gasteiger partial charge in [0.25, 0.3) is 0 Å². The minimum absolute atomic E-state index is 0. The molecule has 2 aliphatic rings. The number of hydrogen-bond donors (Lipinski definition) is 0. The van der Waals surface area contributed by atoms with Crippen LogP contribution in [-0.2, 0) is 69.2 Å². The Hall–Kier alpha value is -9.10. The van der Waals surface area contributed by atoms with Gasteiger partial charge in [0, 0.05) is 37.4 Å². The molecule has 2 aliphatic heterocycles. The minimum Gasteiger partial charge on any atom is -2.00 e. The zero-order chi connectivity index (χ0) is 74.1. The molecule has 0 saturated heterocycles. The fourth-order valence-electron chi connectivity index (χ4n) is 14.2. The number of aromatic nitrogens is 3. The van der Waals surface area contributed by atoms with Crippen LogP contribution in [0.3, 0.4) is 0 Å². The molecule has 5 heterocycles. The molecule has 0 fully saturated rings. The van der Waals surface area contributed by atoms with Crippen molar-refractivity contribution in [3.63, 3.8) is 0 Å². The molecule has 13 rings (SSSR count). The Kier molecular flexibility index (Phi) is 20.3. The Morgan fingerprint density at radius 1 is 0.219 bits per heavy atom. The largest absolute Gasteiger partial charge is 2.00 e. The number of amidine groups is 1. The number of nitrogens with zero attached hydrogens (tertiary/aromatic N) is 7. The van der Waals surface area contributed by atoms with Crippen molar-refractivity contribution in [3.8, 4) is 66.8 Å². The van der Waals surface area contributed by atoms with Gasteiger partial charge in [-0.15, -0.1) is 11.5 Å². The predicted molar refractivity (Wildman–Crippen MR) is 441 cm³/mol. The van der Waals surface area contributed by atoms with Gasteiger partial charge < -0.3 is 36.1 Å². The molecule has 9 heteroatoms. The molecule has 1 radical (unpaired) electrons. The average Bonchev–Trinajstić information content (AvgIpc) is 1.59. The van der Waals surface area contributed by atoms with Crippen molar-refractivity contribution >= 4 is 51.8 Å². The summed E-state index contributed by atoms with van der Waals surface area (Å²) in [7, 11) is 0. The Morgan fingerprint density at radius 3 is 0.705 bits per heavy atom. The summed E-state index contributed by atoms with van der Waals surface area (Å²) in [6.45, 7) is 54.4. The molecule has 3 aromatic heterocycles. The van der Waals surface area contributed by atoms with Gasteiger partial charge in [-0.2, -0.15) is 5.82 Å². The van der Waals surface area contributed by atoms with E-state index < -0.39 is 0 Å². The maximum Gasteiger partial charge on any atom is 0.0571 e. The Morgan fingerprint density at radius 2 is 0.429 bits per heavy atom. The van der Waals surface area contributed by atoms with E-state index in [4.69, 9.17) is 35.6 Å². The summed E-state index contributed by atoms with van der Waals surface area (Å²) >= 11 is 0. The Balaban J connectivity index is 0.00000551. The van der Waals surface area contributed by atoms with Crippen LogP contribution in [0.1, 0.15) is 227 Å². The predicted octanol–water partition coefficient (Wildman–Crippen LogP) is 27.0. The van der Waals surface area contributed by atoms with Crippen molar-refractivity contribution in [2.45, 2.75) is 209 Å². The Bertz CT molecular complexity index is 5090. The van der Waals surface area contributed by atoms with Crippen molar-refractivity contribution < 1.29 is 25.9 Å². The smallest absolute Gasteiger partial charge is 0.0571 e. The molecular weight excluding hydrogens is 1450 g/mol. The molecule has 105 heavy (non-hydrogen) atoms. The van der Waals surface area contributed by atoms with Gasteiger partial charge in [-0.25, -0.2) is 0 Å². The molecule has 8 nitrogen and oxygen atoms in total. The summed E-state index contributed by atoms with van der Waals surface area (Å²) in [4.78, 5) is 29.9. The second-order valence-electron chi connectivity index (χ2n) is 37.0. The molecule has 8 bridgehead atoms. The molecule has 0 N–H and O–H groups in total. The van der Waals surface area contributed by atoms with Gasteiger partial charge in [0.05, 0.1) is 5.71 Å². The van der Waals surface area contributed by atoms with E-state index in [-0.39, 0.29) is 69.2 Å². The third kappa shape index (κ3) is 15.4. The number of fused-ring (bicyclic) bond motifs is 8. The normalized spacial score (nSPS) is 14.3. The van der Waals surface area contributed by atoms with E-state index in [1.807, 2.05) is 0 Å². The van der Waals surface area contributed by atoms with Crippen LogP contribution >= 0.6 is 0 Å². The van der Waals surface area contributed by atoms with Crippen molar-refractivity contribution in [2.75, 3.05) is 0 Å². The van der Waals surface area contributed by atoms with Gasteiger partial charge in [0.1, 0.15) is 0 Å². The molecule has 0 saturated carbocycles. The molecule has 11 aromatic rings. The summed E-state index contributed by atoms with van der Waals surface area (Å²) < 4.78 is 0. The first-order valence-corrected chi connectivity index (χ1v) is 37.0. The Labute approximate surface area is 640 Å². The molecular formula is C96H104N7ORe-7. The molecule has 0 amide bonds. The van der Waals surface area contributed by atoms with E-state index in [9.17, 15) is 0 Å². The molecule has 0 spiro atoms. The monoisotopic (exact) mass is 1560 g/mol. The number of benzene rings is 8. The van der Waals surface area contributed by atoms with Crippen LogP contribution in [0.5, 0.6) is 0 Å². The average molecular weight is 1560 g/mol. The van der Waals surface area contributed by atoms with Gasteiger partial charge in [0.15, 0.2) is 0 Å². The summed E-state index contributed by atoms with van der Waals surface area (Å²) in [6, 6.07) is 72.3. The van der Waals surface area contributed by atoms with Gasteiger partial charge in [-0.05, 0) is 155 Å². The standard InChI is InChI=1S/C96H104N7.O.Re/c1-89(2,3)65-41-25-57(26-42-65)73-75(59-29-45-67(46-30-59)91(7,8)9)83-97-81(73)82-74(58-27-43-66(44-28-58)90(4,5)6)76(60-31-47-68(48-32-60)92(10,11)12)84(98-82)100-86-78(62-35-51-70(52-36-62)94(16,17)18)80(64-39-55-72(56-40-64)96(22,23)24)88(102-86)103-87-79(63-37-53-71(54-38-63)95(19,20)21)77(85(99-83)101-87)61-33-49-69(50-34-61)93(13,14)15;;/h25-56H,1-24H3;;/q-5;-2;/b99-83-;;. The van der Waals surface area contributed by atoms with Gasteiger partial charge >= 0.3 is 0 Å². The first-order chi connectivity index (χ1) is 48.1. The third-order valence-electron chi connectivity index (χ3n) is 20.9. The van der Waals surface area contributed by atoms with Crippen molar-refractivity contribution in [1.29, 1.82) is 0 Å². The van der Waals surface area contributed by atoms with E-state index in [0.29, 0.717) is 46.3 Å². The van der Waals surface area contributed by atoms with E-state index in [0.717, 1.165) is 89.0 Å². The summed E-state index contributed by atoms with van der Waals surface area (Å²) in [6.07, 6.45) is 0. The van der Waals surface area contributed by atoms with Crippen LogP contribution in [0.2, 0.25) is 0 Å². The van der Waals surface area contributed by atoms with Gasteiger partial charge in [0.2, 0.25) is 0 Å². The first kappa shape index (κ1) is 77.0. The molecule has 0 unspecified atom stereocenters. The van der Waals surface area contributed by atoms with E-state index in [1.165, 1.54) is 44.5 Å². The van der Waals surface area contributed by atoms with Crippen molar-refractivity contribution in [3.05, 3.63) is 266 Å². The van der Waals surface area contributed by atoms with Crippen LogP contribution in [-0.4, -0.2) is 11.5 Å². The quantitative estimate of drug-likeness (QED) is 0.150. The fourth-order valence-corrected chi connectivity index (χ4v) is 14.2. The number of aliphatic imine (C=N–C) groups is 2. The third-order valence-corrected chi connectivity index (χ3v) is 20.9. The summed E-state index contributed by atoms with van der Waals surface area (Å²) in [5.41, 5.74) is 24.8. The second-order valence-corrected chi connectivity index (χ2v) is 37.0. The maximum absolute atomic E-state index is 6.07. The van der Waals surface area contributed by atoms with Crippen molar-refractivity contribution in [2.24, 2.45) is 9.98 Å². The molecule has 0 atom stereocenters. The van der Waals surface area contributed by atoms with Crippen LogP contribution < -0.4 is 15.0 Å². The number of rotatable bonds is 8. The van der Waals surface area contributed by atoms with Crippen LogP contribution in [0.15, 0.2) is 204 Å². The van der Waals surface area contributed by atoms with Gasteiger partial charge in [-0.3, -0.25) is 22.4 Å². The van der Waals surface area contributed by atoms with E-state index in [2.05, 4.69) is 360 Å². The van der Waals surface area contributed by atoms with Gasteiger partial charge in [-0.1, -0.05) is 371 Å². The minimum atomic E-state index is -0.118. The molecule has 8 aromatic carbocycles. The SMILES string of the molecule is CC(C)(C)c1ccc(C2=C(c3ccc(C(C)(C)C)cc3)/C3=N/c4[n-]c(c(-c5ccc(C(C)(C)C)cc5)c4-c4ccc(C(C)(C)C)cc4)[N-]c4[n-]c(c(-c5ccc(C(C)(C)C)cc5)c4-c4ccc(C(C)(C)C)cc4)[N-]c4[n-]c(c(-c5ccc(C(C)(C)C)cc5)c4-c4ccc(C(C)(C)C)cc4)C2=N3)cc1.[O-2].[Re]. The topological polar surface area (TPSA) is 124 Å². The summed E-state index contributed by atoms with van der Waals surface area (Å²) in [5, 5.41) is 12.0. The summed E-state index contributed by atoms with van der Waals surface area (Å²) in [5.74, 6) is 2.95. The van der Waals surface area contributed by atoms with Crippen LogP contribution in [0.4, 0.5) is 29.1 Å². The number of hydrogen-bond acceptors (Lipinski definition) is 2. The molecule has 0 aliphatic carbocycles. The zero-order valence-corrected chi connectivity index (χ0v) is 69.1. The zero-order valence-electron chi connectivity index (χ0n) is 66.4. The van der Waals surface area contributed by atoms with E-state index >= 15 is 0 Å². The van der Waals surface area contributed by atoms with Crippen molar-refractivity contribution in [1.82, 2.24) is 15.0 Å². The van der Waals surface area contributed by atoms with Crippen LogP contribution in [0, 0.1) is 0 Å². The number of allylic oxidation sites excluding steroid dienone is 1. The van der Waals surface area contributed by atoms with E-state index in [1.54, 1.807) is 0 Å². The first-order valence-electron chi connectivity index (χ1n) is 37.0. The second kappa shape index (κ2) is 27.7. The molecule has 543 valence electrons. The fraction of sp³-hybridized carbons (Fsp3) is 0.333. The maximum atomic E-state index is 6.07. The van der Waals surface area contributed by atoms with Crippen LogP contribution in [0.25, 0.3) is 88.5 Å².